The lowest BCUT2D eigenvalue weighted by Gasteiger charge is -2.15. The molecule has 9 heterocycles. The van der Waals surface area contributed by atoms with Crippen molar-refractivity contribution in [2.75, 3.05) is 0 Å². The molecule has 0 aliphatic heterocycles. The Kier molecular flexibility index (Phi) is 10.7. The SMILES string of the molecule is c1ccc(-c2ccc3c(c2)c2cc4c5ccccc5n(-c5nc(-n6c7ccccc7c7ccccc76)nc6ccccc56)c4c4c5c6ccccc6ccc5n3c24)c(-c2ccc(-c3nc(-n4c5ccccc5c5cc6c7ccccc7n7c8ccc9ccccc9c8c(c54)c67)c4ccccc4n3)cc2)c1. The fourth-order valence-electron chi connectivity index (χ4n) is 18.8. The van der Waals surface area contributed by atoms with Gasteiger partial charge in [-0.3, -0.25) is 13.7 Å². The third-order valence-electron chi connectivity index (χ3n) is 23.1. The number of para-hydroxylation sites is 7. The van der Waals surface area contributed by atoms with Crippen LogP contribution in [0.15, 0.2) is 322 Å². The second kappa shape index (κ2) is 20.3. The van der Waals surface area contributed by atoms with Gasteiger partial charge in [0.1, 0.15) is 5.82 Å². The number of rotatable bonds is 6. The van der Waals surface area contributed by atoms with E-state index in [2.05, 4.69) is 344 Å². The standard InChI is InChI=1S/C96H53N9/c1-3-25-61-54(21-1)45-49-83-85(61)87-89-71(65-29-11-16-36-77(65)101(83)89)52-72-66-30-12-19-39-80(66)104(91(72)87)94-68-32-7-14-34-75(68)97-93(99-94)57-43-41-56(42-44-57)59-23-5-6-24-60(59)58-47-48-82-70(51-58)74-53-73-67-31-13-20-40-81(67)105(92(73)88-86-62-26-4-2-22-55(62)46-50-84(86)102(82)90(74)88)95-69-33-8-15-35-76(69)98-96(100-95)103-78-37-17-9-27-63(78)64-28-10-18-38-79(64)103/h1-53H. The van der Waals surface area contributed by atoms with Gasteiger partial charge in [0.15, 0.2) is 11.6 Å². The smallest absolute Gasteiger partial charge is 0.237 e. The Morgan fingerprint density at radius 2 is 0.571 bits per heavy atom. The first-order valence-corrected chi connectivity index (χ1v) is 36.0. The summed E-state index contributed by atoms with van der Waals surface area (Å²) in [6, 6.07) is 118. The Balaban J connectivity index is 0.673. The second-order valence-corrected chi connectivity index (χ2v) is 28.3. The lowest BCUT2D eigenvalue weighted by atomic mass is 9.93. The number of hydrogen-bond donors (Lipinski definition) is 0. The molecule has 25 rings (SSSR count). The molecule has 0 spiro atoms. The van der Waals surface area contributed by atoms with Crippen LogP contribution in [0.3, 0.4) is 0 Å². The molecule has 0 bridgehead atoms. The maximum atomic E-state index is 5.79. The van der Waals surface area contributed by atoms with Gasteiger partial charge in [0.25, 0.3) is 0 Å². The monoisotopic (exact) mass is 1330 g/mol. The van der Waals surface area contributed by atoms with Crippen molar-refractivity contribution in [3.8, 4) is 51.2 Å². The molecular formula is C96H53N9. The first-order valence-electron chi connectivity index (χ1n) is 36.0. The number of fused-ring (bicyclic) bond motifs is 29. The quantitative estimate of drug-likeness (QED) is 0.166. The van der Waals surface area contributed by atoms with Crippen LogP contribution < -0.4 is 0 Å². The molecule has 9 nitrogen and oxygen atoms in total. The van der Waals surface area contributed by atoms with E-state index in [1.165, 1.54) is 97.5 Å². The minimum Gasteiger partial charge on any atom is -0.308 e. The van der Waals surface area contributed by atoms with Crippen LogP contribution in [0.4, 0.5) is 0 Å². The van der Waals surface area contributed by atoms with Gasteiger partial charge < -0.3 is 8.80 Å². The van der Waals surface area contributed by atoms with E-state index in [0.717, 1.165) is 127 Å². The molecule has 0 unspecified atom stereocenters. The molecule has 9 aromatic heterocycles. The van der Waals surface area contributed by atoms with E-state index in [1.807, 2.05) is 0 Å². The van der Waals surface area contributed by atoms with E-state index >= 15 is 0 Å². The van der Waals surface area contributed by atoms with Gasteiger partial charge in [0.05, 0.1) is 77.2 Å². The van der Waals surface area contributed by atoms with Gasteiger partial charge >= 0.3 is 0 Å². The van der Waals surface area contributed by atoms with E-state index < -0.39 is 0 Å². The lowest BCUT2D eigenvalue weighted by molar-refractivity contribution is 0.973. The average molecular weight is 1330 g/mol. The van der Waals surface area contributed by atoms with Crippen molar-refractivity contribution >= 4 is 185 Å². The largest absolute Gasteiger partial charge is 0.308 e. The highest BCUT2D eigenvalue weighted by Crippen LogP contribution is 2.52. The van der Waals surface area contributed by atoms with Gasteiger partial charge in [-0.2, -0.15) is 4.98 Å². The van der Waals surface area contributed by atoms with Crippen LogP contribution in [0.1, 0.15) is 0 Å². The summed E-state index contributed by atoms with van der Waals surface area (Å²) >= 11 is 0. The van der Waals surface area contributed by atoms with E-state index in [0.29, 0.717) is 11.8 Å². The van der Waals surface area contributed by atoms with Crippen molar-refractivity contribution in [3.63, 3.8) is 0 Å². The third-order valence-corrected chi connectivity index (χ3v) is 23.1. The Hall–Kier alpha value is -14.3. The second-order valence-electron chi connectivity index (χ2n) is 28.3. The fourth-order valence-corrected chi connectivity index (χ4v) is 18.8. The van der Waals surface area contributed by atoms with Crippen LogP contribution in [0.5, 0.6) is 0 Å². The van der Waals surface area contributed by atoms with E-state index in [9.17, 15) is 0 Å². The van der Waals surface area contributed by atoms with Crippen molar-refractivity contribution in [2.45, 2.75) is 0 Å². The van der Waals surface area contributed by atoms with Gasteiger partial charge in [-0.15, -0.1) is 0 Å². The Labute approximate surface area is 596 Å². The maximum absolute atomic E-state index is 5.79. The van der Waals surface area contributed by atoms with Crippen molar-refractivity contribution < 1.29 is 0 Å². The number of hydrogen-bond acceptors (Lipinski definition) is 4. The van der Waals surface area contributed by atoms with Crippen molar-refractivity contribution in [1.29, 1.82) is 0 Å². The topological polar surface area (TPSA) is 75.2 Å². The summed E-state index contributed by atoms with van der Waals surface area (Å²) in [5, 5.41) is 23.6. The molecule has 0 amide bonds. The molecule has 16 aromatic carbocycles. The van der Waals surface area contributed by atoms with Crippen LogP contribution in [0, 0.1) is 0 Å². The highest BCUT2D eigenvalue weighted by Gasteiger charge is 2.31. The van der Waals surface area contributed by atoms with Gasteiger partial charge in [0, 0.05) is 91.7 Å². The molecule has 0 aliphatic rings. The molecule has 482 valence electrons. The maximum Gasteiger partial charge on any atom is 0.237 e. The van der Waals surface area contributed by atoms with Crippen LogP contribution in [-0.4, -0.2) is 42.4 Å². The predicted molar refractivity (Wildman–Crippen MR) is 436 cm³/mol. The molecule has 0 radical (unpaired) electrons. The van der Waals surface area contributed by atoms with Crippen LogP contribution in [-0.2, 0) is 0 Å². The molecular weight excluding hydrogens is 1280 g/mol. The Bertz CT molecular complexity index is 8110. The summed E-state index contributed by atoms with van der Waals surface area (Å²) in [6.07, 6.45) is 0. The molecule has 0 aliphatic carbocycles. The number of aromatic nitrogens is 9. The Morgan fingerprint density at radius 1 is 0.200 bits per heavy atom. The fraction of sp³-hybridized carbons (Fsp3) is 0. The summed E-state index contributed by atoms with van der Waals surface area (Å²) < 4.78 is 12.2. The van der Waals surface area contributed by atoms with Gasteiger partial charge in [0.2, 0.25) is 5.95 Å². The normalized spacial score (nSPS) is 12.6. The first-order chi connectivity index (χ1) is 52.1. The van der Waals surface area contributed by atoms with Gasteiger partial charge in [-0.25, -0.2) is 15.0 Å². The van der Waals surface area contributed by atoms with E-state index in [-0.39, 0.29) is 0 Å². The van der Waals surface area contributed by atoms with Crippen LogP contribution in [0.2, 0.25) is 0 Å². The molecule has 0 fully saturated rings. The highest BCUT2D eigenvalue weighted by molar-refractivity contribution is 6.39. The summed E-state index contributed by atoms with van der Waals surface area (Å²) in [5.74, 6) is 2.96. The summed E-state index contributed by atoms with van der Waals surface area (Å²) in [5.41, 5.74) is 20.9. The Morgan fingerprint density at radius 3 is 1.12 bits per heavy atom. The van der Waals surface area contributed by atoms with Crippen molar-refractivity contribution in [2.24, 2.45) is 0 Å². The highest BCUT2D eigenvalue weighted by atomic mass is 15.2. The van der Waals surface area contributed by atoms with Crippen LogP contribution >= 0.6 is 0 Å². The molecule has 0 N–H and O–H groups in total. The average Bonchev–Trinajstić information content (AvgIpc) is 1.51. The molecule has 0 saturated heterocycles. The summed E-state index contributed by atoms with van der Waals surface area (Å²) in [4.78, 5) is 22.4. The van der Waals surface area contributed by atoms with Crippen molar-refractivity contribution in [1.82, 2.24) is 42.4 Å². The predicted octanol–water partition coefficient (Wildman–Crippen LogP) is 24.5. The zero-order valence-electron chi connectivity index (χ0n) is 56.1. The van der Waals surface area contributed by atoms with Crippen LogP contribution in [0.25, 0.3) is 236 Å². The minimum atomic E-state index is 0.624. The zero-order chi connectivity index (χ0) is 68.0. The van der Waals surface area contributed by atoms with Gasteiger partial charge in [-0.1, -0.05) is 231 Å². The van der Waals surface area contributed by atoms with Crippen molar-refractivity contribution in [3.05, 3.63) is 322 Å². The summed E-state index contributed by atoms with van der Waals surface area (Å²) in [7, 11) is 0. The number of benzene rings is 16. The zero-order valence-corrected chi connectivity index (χ0v) is 56.1. The first kappa shape index (κ1) is 55.5. The third kappa shape index (κ3) is 7.24. The van der Waals surface area contributed by atoms with E-state index in [1.54, 1.807) is 0 Å². The lowest BCUT2D eigenvalue weighted by Crippen LogP contribution is -2.07. The molecule has 0 atom stereocenters. The summed E-state index contributed by atoms with van der Waals surface area (Å²) in [6.45, 7) is 0. The molecule has 9 heteroatoms. The molecule has 0 saturated carbocycles. The van der Waals surface area contributed by atoms with E-state index in [4.69, 9.17) is 19.9 Å². The molecule has 105 heavy (non-hydrogen) atoms. The number of nitrogens with zero attached hydrogens (tertiary/aromatic N) is 9. The molecule has 25 aromatic rings. The van der Waals surface area contributed by atoms with Gasteiger partial charge in [-0.05, 0) is 135 Å². The minimum absolute atomic E-state index is 0.624.